The average Bonchev–Trinajstić information content (AvgIpc) is 2.42. The van der Waals surface area contributed by atoms with E-state index in [0.29, 0.717) is 6.42 Å². The highest BCUT2D eigenvalue weighted by molar-refractivity contribution is 5.15. The lowest BCUT2D eigenvalue weighted by Gasteiger charge is -2.28. The maximum absolute atomic E-state index is 8.51. The summed E-state index contributed by atoms with van der Waals surface area (Å²) in [5, 5.41) is 8.51. The quantitative estimate of drug-likeness (QED) is 0.595. The second kappa shape index (κ2) is 6.98. The summed E-state index contributed by atoms with van der Waals surface area (Å²) >= 11 is 0. The zero-order valence-electron chi connectivity index (χ0n) is 10.8. The largest absolute Gasteiger partial charge is 0.298 e. The normalized spacial score (nSPS) is 16.3. The number of unbranched alkanes of at least 4 members (excludes halogenated alkanes) is 1. The first-order chi connectivity index (χ1) is 8.88. The molecular weight excluding hydrogens is 220 g/mol. The number of hydrogen-bond donors (Lipinski definition) is 0. The van der Waals surface area contributed by atoms with Crippen LogP contribution in [-0.4, -0.2) is 18.0 Å². The van der Waals surface area contributed by atoms with Crippen molar-refractivity contribution in [3.05, 3.63) is 47.5 Å². The van der Waals surface area contributed by atoms with Crippen molar-refractivity contribution in [2.24, 2.45) is 0 Å². The van der Waals surface area contributed by atoms with Gasteiger partial charge in [0, 0.05) is 26.1 Å². The van der Waals surface area contributed by atoms with Crippen molar-refractivity contribution in [3.8, 4) is 6.07 Å². The third-order valence-electron chi connectivity index (χ3n) is 3.44. The van der Waals surface area contributed by atoms with Crippen molar-refractivity contribution in [1.29, 1.82) is 5.26 Å². The highest BCUT2D eigenvalue weighted by Crippen LogP contribution is 2.18. The lowest BCUT2D eigenvalue weighted by Crippen LogP contribution is -2.30. The van der Waals surface area contributed by atoms with Gasteiger partial charge in [-0.1, -0.05) is 42.0 Å². The maximum atomic E-state index is 8.51. The van der Waals surface area contributed by atoms with Crippen LogP contribution in [0.15, 0.2) is 42.0 Å². The summed E-state index contributed by atoms with van der Waals surface area (Å²) in [5.74, 6) is 0. The number of likely N-dealkylation sites (tertiary alicyclic amines) is 1. The molecule has 18 heavy (non-hydrogen) atoms. The standard InChI is InChI=1S/C16H20N2/c17-11-5-4-6-15-9-12-18(13-10-15)14-16-7-2-1-3-8-16/h1-3,6-8H,4-5,9-10,12-14H2. The second-order valence-electron chi connectivity index (χ2n) is 4.82. The van der Waals surface area contributed by atoms with Crippen molar-refractivity contribution in [2.45, 2.75) is 32.2 Å². The highest BCUT2D eigenvalue weighted by atomic mass is 15.1. The third kappa shape index (κ3) is 4.01. The van der Waals surface area contributed by atoms with Crippen LogP contribution in [0, 0.1) is 11.3 Å². The first-order valence-electron chi connectivity index (χ1n) is 6.69. The zero-order valence-corrected chi connectivity index (χ0v) is 10.8. The van der Waals surface area contributed by atoms with E-state index in [4.69, 9.17) is 5.26 Å². The molecule has 0 aliphatic carbocycles. The number of nitriles is 1. The minimum atomic E-state index is 0.650. The molecule has 0 atom stereocenters. The number of rotatable bonds is 4. The molecule has 0 aromatic heterocycles. The predicted octanol–water partition coefficient (Wildman–Crippen LogP) is 3.51. The Morgan fingerprint density at radius 2 is 1.89 bits per heavy atom. The van der Waals surface area contributed by atoms with Crippen LogP contribution in [0.25, 0.3) is 0 Å². The summed E-state index contributed by atoms with van der Waals surface area (Å²) in [6.45, 7) is 3.35. The maximum Gasteiger partial charge on any atom is 0.0625 e. The summed E-state index contributed by atoms with van der Waals surface area (Å²) in [6.07, 6.45) is 6.17. The van der Waals surface area contributed by atoms with E-state index in [1.165, 1.54) is 11.1 Å². The van der Waals surface area contributed by atoms with Gasteiger partial charge in [-0.2, -0.15) is 5.26 Å². The van der Waals surface area contributed by atoms with E-state index in [2.05, 4.69) is 47.4 Å². The Hall–Kier alpha value is -1.59. The number of nitrogens with zero attached hydrogens (tertiary/aromatic N) is 2. The van der Waals surface area contributed by atoms with Crippen LogP contribution >= 0.6 is 0 Å². The summed E-state index contributed by atoms with van der Waals surface area (Å²) in [6, 6.07) is 12.9. The highest BCUT2D eigenvalue weighted by Gasteiger charge is 2.13. The van der Waals surface area contributed by atoms with Crippen molar-refractivity contribution >= 4 is 0 Å². The molecule has 0 radical (unpaired) electrons. The van der Waals surface area contributed by atoms with Gasteiger partial charge in [0.15, 0.2) is 0 Å². The van der Waals surface area contributed by atoms with E-state index in [0.717, 1.165) is 38.9 Å². The molecule has 0 saturated carbocycles. The Balaban J connectivity index is 1.77. The van der Waals surface area contributed by atoms with Gasteiger partial charge in [-0.05, 0) is 24.8 Å². The van der Waals surface area contributed by atoms with E-state index in [1.807, 2.05) is 0 Å². The molecule has 94 valence electrons. The van der Waals surface area contributed by atoms with Gasteiger partial charge >= 0.3 is 0 Å². The van der Waals surface area contributed by atoms with Crippen molar-refractivity contribution in [3.63, 3.8) is 0 Å². The Bertz CT molecular complexity index is 418. The number of allylic oxidation sites excluding steroid dienone is 1. The molecule has 1 heterocycles. The van der Waals surface area contributed by atoms with Crippen LogP contribution in [0.1, 0.15) is 31.2 Å². The summed E-state index contributed by atoms with van der Waals surface area (Å²) < 4.78 is 0. The summed E-state index contributed by atoms with van der Waals surface area (Å²) in [5.41, 5.74) is 2.93. The Morgan fingerprint density at radius 3 is 2.56 bits per heavy atom. The monoisotopic (exact) mass is 240 g/mol. The first kappa shape index (κ1) is 12.9. The van der Waals surface area contributed by atoms with E-state index in [-0.39, 0.29) is 0 Å². The van der Waals surface area contributed by atoms with Gasteiger partial charge in [-0.15, -0.1) is 0 Å². The number of piperidine rings is 1. The van der Waals surface area contributed by atoms with E-state index < -0.39 is 0 Å². The van der Waals surface area contributed by atoms with Crippen LogP contribution in [0.4, 0.5) is 0 Å². The molecule has 0 bridgehead atoms. The molecule has 1 aliphatic heterocycles. The lowest BCUT2D eigenvalue weighted by molar-refractivity contribution is 0.248. The fourth-order valence-electron chi connectivity index (χ4n) is 2.38. The topological polar surface area (TPSA) is 27.0 Å². The Morgan fingerprint density at radius 1 is 1.17 bits per heavy atom. The SMILES string of the molecule is N#CCCC=C1CCN(Cc2ccccc2)CC1. The van der Waals surface area contributed by atoms with E-state index in [1.54, 1.807) is 0 Å². The molecule has 1 aliphatic rings. The minimum Gasteiger partial charge on any atom is -0.298 e. The van der Waals surface area contributed by atoms with Crippen molar-refractivity contribution < 1.29 is 0 Å². The van der Waals surface area contributed by atoms with Crippen molar-refractivity contribution in [1.82, 2.24) is 4.90 Å². The fraction of sp³-hybridized carbons (Fsp3) is 0.438. The van der Waals surface area contributed by atoms with Gasteiger partial charge in [0.05, 0.1) is 6.07 Å². The van der Waals surface area contributed by atoms with Gasteiger partial charge in [0.1, 0.15) is 0 Å². The van der Waals surface area contributed by atoms with E-state index >= 15 is 0 Å². The molecule has 1 aromatic carbocycles. The van der Waals surface area contributed by atoms with Gasteiger partial charge in [0.25, 0.3) is 0 Å². The van der Waals surface area contributed by atoms with Gasteiger partial charge in [-0.25, -0.2) is 0 Å². The van der Waals surface area contributed by atoms with Crippen LogP contribution in [-0.2, 0) is 6.54 Å². The third-order valence-corrected chi connectivity index (χ3v) is 3.44. The van der Waals surface area contributed by atoms with Gasteiger partial charge in [0.2, 0.25) is 0 Å². The smallest absolute Gasteiger partial charge is 0.0625 e. The average molecular weight is 240 g/mol. The first-order valence-corrected chi connectivity index (χ1v) is 6.69. The molecule has 0 unspecified atom stereocenters. The summed E-state index contributed by atoms with van der Waals surface area (Å²) in [4.78, 5) is 2.51. The molecule has 1 saturated heterocycles. The number of hydrogen-bond acceptors (Lipinski definition) is 2. The molecule has 1 aromatic rings. The fourth-order valence-corrected chi connectivity index (χ4v) is 2.38. The number of benzene rings is 1. The molecule has 2 heteroatoms. The van der Waals surface area contributed by atoms with Crippen molar-refractivity contribution in [2.75, 3.05) is 13.1 Å². The molecule has 0 spiro atoms. The Labute approximate surface area is 110 Å². The van der Waals surface area contributed by atoms with E-state index in [9.17, 15) is 0 Å². The molecule has 2 rings (SSSR count). The molecular formula is C16H20N2. The second-order valence-corrected chi connectivity index (χ2v) is 4.82. The zero-order chi connectivity index (χ0) is 12.6. The summed E-state index contributed by atoms with van der Waals surface area (Å²) in [7, 11) is 0. The predicted molar refractivity (Wildman–Crippen MR) is 73.9 cm³/mol. The van der Waals surface area contributed by atoms with Crippen LogP contribution < -0.4 is 0 Å². The molecule has 2 nitrogen and oxygen atoms in total. The molecule has 0 amide bonds. The Kier molecular flexibility index (Phi) is 4.99. The molecule has 0 N–H and O–H groups in total. The minimum absolute atomic E-state index is 0.650. The molecule has 1 fully saturated rings. The van der Waals surface area contributed by atoms with Crippen LogP contribution in [0.3, 0.4) is 0 Å². The van der Waals surface area contributed by atoms with Crippen LogP contribution in [0.2, 0.25) is 0 Å². The van der Waals surface area contributed by atoms with Gasteiger partial charge in [-0.3, -0.25) is 4.90 Å². The van der Waals surface area contributed by atoms with Crippen LogP contribution in [0.5, 0.6) is 0 Å². The van der Waals surface area contributed by atoms with Gasteiger partial charge < -0.3 is 0 Å². The lowest BCUT2D eigenvalue weighted by atomic mass is 10.0.